The molecule has 0 aliphatic carbocycles. The molecule has 1 aromatic heterocycles. The first-order valence-corrected chi connectivity index (χ1v) is 3.21. The molecule has 0 unspecified atom stereocenters. The Labute approximate surface area is 65.0 Å². The van der Waals surface area contributed by atoms with Crippen molar-refractivity contribution >= 4 is 0 Å². The van der Waals surface area contributed by atoms with Crippen molar-refractivity contribution < 1.29 is 4.74 Å². The highest BCUT2D eigenvalue weighted by Crippen LogP contribution is 2.10. The van der Waals surface area contributed by atoms with Crippen LogP contribution < -0.4 is 4.74 Å². The smallest absolute Gasteiger partial charge is 0.211 e. The molecule has 0 fully saturated rings. The SMILES string of the molecule is COc1cc(CC#N)nn1C. The Morgan fingerprint density at radius 1 is 1.82 bits per heavy atom. The van der Waals surface area contributed by atoms with Crippen LogP contribution in [0, 0.1) is 11.3 Å². The summed E-state index contributed by atoms with van der Waals surface area (Å²) in [6.07, 6.45) is 0.331. The van der Waals surface area contributed by atoms with Crippen LogP contribution >= 0.6 is 0 Å². The van der Waals surface area contributed by atoms with E-state index in [-0.39, 0.29) is 0 Å². The van der Waals surface area contributed by atoms with Gasteiger partial charge in [0.25, 0.3) is 0 Å². The molecule has 58 valence electrons. The van der Waals surface area contributed by atoms with E-state index in [1.807, 2.05) is 6.07 Å². The second-order valence-corrected chi connectivity index (χ2v) is 2.14. The third kappa shape index (κ3) is 1.49. The molecule has 0 aromatic carbocycles. The minimum Gasteiger partial charge on any atom is -0.481 e. The van der Waals surface area contributed by atoms with Crippen LogP contribution in [-0.2, 0) is 13.5 Å². The van der Waals surface area contributed by atoms with Crippen molar-refractivity contribution in [2.45, 2.75) is 6.42 Å². The maximum absolute atomic E-state index is 8.35. The molecule has 4 nitrogen and oxygen atoms in total. The van der Waals surface area contributed by atoms with Crippen LogP contribution in [-0.4, -0.2) is 16.9 Å². The van der Waals surface area contributed by atoms with Crippen molar-refractivity contribution in [3.8, 4) is 11.9 Å². The number of methoxy groups -OCH3 is 1. The van der Waals surface area contributed by atoms with E-state index < -0.39 is 0 Å². The van der Waals surface area contributed by atoms with Crippen molar-refractivity contribution in [2.24, 2.45) is 7.05 Å². The first kappa shape index (κ1) is 7.61. The lowest BCUT2D eigenvalue weighted by Crippen LogP contribution is -1.95. The molecular weight excluding hydrogens is 142 g/mol. The number of nitriles is 1. The van der Waals surface area contributed by atoms with Gasteiger partial charge < -0.3 is 4.74 Å². The van der Waals surface area contributed by atoms with Gasteiger partial charge in [0.2, 0.25) is 5.88 Å². The molecule has 0 spiro atoms. The Kier molecular flexibility index (Phi) is 2.12. The van der Waals surface area contributed by atoms with Gasteiger partial charge in [0.15, 0.2) is 0 Å². The summed E-state index contributed by atoms with van der Waals surface area (Å²) in [6, 6.07) is 3.77. The summed E-state index contributed by atoms with van der Waals surface area (Å²) in [4.78, 5) is 0. The van der Waals surface area contributed by atoms with Crippen LogP contribution in [0.25, 0.3) is 0 Å². The number of aromatic nitrogens is 2. The summed E-state index contributed by atoms with van der Waals surface area (Å²) in [6.45, 7) is 0. The molecule has 11 heavy (non-hydrogen) atoms. The summed E-state index contributed by atoms with van der Waals surface area (Å²) >= 11 is 0. The number of hydrogen-bond acceptors (Lipinski definition) is 3. The quantitative estimate of drug-likeness (QED) is 0.618. The highest BCUT2D eigenvalue weighted by atomic mass is 16.5. The molecule has 0 saturated heterocycles. The van der Waals surface area contributed by atoms with E-state index in [0.717, 1.165) is 5.69 Å². The zero-order valence-electron chi connectivity index (χ0n) is 6.53. The van der Waals surface area contributed by atoms with Crippen LogP contribution in [0.3, 0.4) is 0 Å². The number of nitrogens with zero attached hydrogens (tertiary/aromatic N) is 3. The van der Waals surface area contributed by atoms with Gasteiger partial charge in [-0.15, -0.1) is 0 Å². The second kappa shape index (κ2) is 3.06. The third-order valence-corrected chi connectivity index (χ3v) is 1.36. The minimum atomic E-state index is 0.331. The van der Waals surface area contributed by atoms with E-state index in [2.05, 4.69) is 5.10 Å². The van der Waals surface area contributed by atoms with E-state index in [4.69, 9.17) is 10.00 Å². The highest BCUT2D eigenvalue weighted by molar-refractivity contribution is 5.17. The Hall–Kier alpha value is -1.50. The number of rotatable bonds is 2. The first-order chi connectivity index (χ1) is 5.27. The highest BCUT2D eigenvalue weighted by Gasteiger charge is 2.02. The van der Waals surface area contributed by atoms with E-state index in [9.17, 15) is 0 Å². The number of hydrogen-bond donors (Lipinski definition) is 0. The van der Waals surface area contributed by atoms with Gasteiger partial charge in [0.05, 0.1) is 25.3 Å². The Morgan fingerprint density at radius 3 is 3.00 bits per heavy atom. The van der Waals surface area contributed by atoms with E-state index in [1.54, 1.807) is 24.9 Å². The Morgan fingerprint density at radius 2 is 2.55 bits per heavy atom. The molecule has 0 aliphatic heterocycles. The van der Waals surface area contributed by atoms with E-state index >= 15 is 0 Å². The normalized spacial score (nSPS) is 9.18. The van der Waals surface area contributed by atoms with Crippen LogP contribution in [0.1, 0.15) is 5.69 Å². The maximum Gasteiger partial charge on any atom is 0.211 e. The summed E-state index contributed by atoms with van der Waals surface area (Å²) in [5.74, 6) is 0.676. The predicted molar refractivity (Wildman–Crippen MR) is 39.1 cm³/mol. The van der Waals surface area contributed by atoms with Gasteiger partial charge in [-0.25, -0.2) is 4.68 Å². The van der Waals surface area contributed by atoms with E-state index in [1.165, 1.54) is 0 Å². The largest absolute Gasteiger partial charge is 0.481 e. The molecule has 0 amide bonds. The zero-order chi connectivity index (χ0) is 8.27. The monoisotopic (exact) mass is 151 g/mol. The predicted octanol–water partition coefficient (Wildman–Crippen LogP) is 0.495. The fourth-order valence-corrected chi connectivity index (χ4v) is 0.865. The molecule has 1 aromatic rings. The van der Waals surface area contributed by atoms with Gasteiger partial charge in [-0.2, -0.15) is 10.4 Å². The maximum atomic E-state index is 8.35. The van der Waals surface area contributed by atoms with Crippen molar-refractivity contribution in [1.82, 2.24) is 9.78 Å². The lowest BCUT2D eigenvalue weighted by molar-refractivity contribution is 0.373. The minimum absolute atomic E-state index is 0.331. The van der Waals surface area contributed by atoms with Gasteiger partial charge in [-0.1, -0.05) is 0 Å². The van der Waals surface area contributed by atoms with Gasteiger partial charge in [0, 0.05) is 13.1 Å². The summed E-state index contributed by atoms with van der Waals surface area (Å²) in [5, 5.41) is 12.4. The fraction of sp³-hybridized carbons (Fsp3) is 0.429. The molecule has 1 heterocycles. The molecular formula is C7H9N3O. The van der Waals surface area contributed by atoms with Gasteiger partial charge in [-0.05, 0) is 0 Å². The zero-order valence-corrected chi connectivity index (χ0v) is 6.53. The Balaban J connectivity index is 2.88. The molecule has 0 N–H and O–H groups in total. The number of ether oxygens (including phenoxy) is 1. The van der Waals surface area contributed by atoms with Crippen LogP contribution in [0.5, 0.6) is 5.88 Å². The molecule has 0 bridgehead atoms. The standard InChI is InChI=1S/C7H9N3O/c1-10-7(11-2)5-6(9-10)3-4-8/h5H,3H2,1-2H3. The lowest BCUT2D eigenvalue weighted by atomic mass is 10.3. The molecule has 0 aliphatic rings. The summed E-state index contributed by atoms with van der Waals surface area (Å²) in [7, 11) is 3.35. The van der Waals surface area contributed by atoms with Gasteiger partial charge in [-0.3, -0.25) is 0 Å². The van der Waals surface area contributed by atoms with Gasteiger partial charge >= 0.3 is 0 Å². The molecule has 0 radical (unpaired) electrons. The van der Waals surface area contributed by atoms with Crippen molar-refractivity contribution in [3.63, 3.8) is 0 Å². The van der Waals surface area contributed by atoms with Crippen molar-refractivity contribution in [1.29, 1.82) is 5.26 Å². The van der Waals surface area contributed by atoms with E-state index in [0.29, 0.717) is 12.3 Å². The molecule has 4 heteroatoms. The molecule has 0 atom stereocenters. The topological polar surface area (TPSA) is 50.8 Å². The number of aryl methyl sites for hydroxylation is 1. The summed E-state index contributed by atoms with van der Waals surface area (Å²) < 4.78 is 6.57. The third-order valence-electron chi connectivity index (χ3n) is 1.36. The lowest BCUT2D eigenvalue weighted by Gasteiger charge is -1.95. The van der Waals surface area contributed by atoms with Gasteiger partial charge in [0.1, 0.15) is 0 Å². The van der Waals surface area contributed by atoms with Crippen molar-refractivity contribution in [3.05, 3.63) is 11.8 Å². The van der Waals surface area contributed by atoms with Crippen LogP contribution in [0.15, 0.2) is 6.07 Å². The summed E-state index contributed by atoms with van der Waals surface area (Å²) in [5.41, 5.74) is 0.742. The van der Waals surface area contributed by atoms with Crippen molar-refractivity contribution in [2.75, 3.05) is 7.11 Å². The first-order valence-electron chi connectivity index (χ1n) is 3.21. The molecule has 0 saturated carbocycles. The fourth-order valence-electron chi connectivity index (χ4n) is 0.865. The van der Waals surface area contributed by atoms with Crippen LogP contribution in [0.2, 0.25) is 0 Å². The average Bonchev–Trinajstić information content (AvgIpc) is 2.32. The van der Waals surface area contributed by atoms with Crippen LogP contribution in [0.4, 0.5) is 0 Å². The molecule has 1 rings (SSSR count). The average molecular weight is 151 g/mol. The Bertz CT molecular complexity index is 284. The second-order valence-electron chi connectivity index (χ2n) is 2.14.